The molecule has 1 aromatic carbocycles. The van der Waals surface area contributed by atoms with Gasteiger partial charge in [0.05, 0.1) is 6.42 Å². The monoisotopic (exact) mass is 240 g/mol. The number of anilines is 1. The summed E-state index contributed by atoms with van der Waals surface area (Å²) in [5, 5.41) is 5.33. The Balaban J connectivity index is 2.23. The van der Waals surface area contributed by atoms with E-state index in [1.165, 1.54) is 12.1 Å². The molecule has 0 saturated heterocycles. The first-order valence-electron chi connectivity index (χ1n) is 5.48. The number of fused-ring (bicyclic) bond motifs is 1. The van der Waals surface area contributed by atoms with Crippen molar-refractivity contribution in [2.75, 3.05) is 18.9 Å². The van der Waals surface area contributed by atoms with Crippen molar-refractivity contribution in [1.29, 1.82) is 0 Å². The van der Waals surface area contributed by atoms with Crippen LogP contribution in [-0.2, 0) is 17.1 Å². The molecule has 0 unspecified atom stereocenters. The molecule has 0 spiro atoms. The third-order valence-corrected chi connectivity index (χ3v) is 2.84. The van der Waals surface area contributed by atoms with E-state index >= 15 is 0 Å². The molecule has 0 saturated carbocycles. The van der Waals surface area contributed by atoms with Gasteiger partial charge in [-0.1, -0.05) is 6.07 Å². The van der Waals surface area contributed by atoms with Crippen LogP contribution in [0.2, 0.25) is 0 Å². The maximum Gasteiger partial charge on any atom is 0.274 e. The van der Waals surface area contributed by atoms with Crippen LogP contribution < -0.4 is 10.6 Å². The molecule has 3 nitrogen and oxygen atoms in total. The fourth-order valence-electron chi connectivity index (χ4n) is 1.88. The number of carbonyl (C=O) groups excluding carboxylic acids is 1. The van der Waals surface area contributed by atoms with E-state index in [0.717, 1.165) is 0 Å². The number of nitrogens with one attached hydrogen (secondary N) is 2. The predicted molar refractivity (Wildman–Crippen MR) is 61.2 cm³/mol. The molecule has 92 valence electrons. The summed E-state index contributed by atoms with van der Waals surface area (Å²) in [6.07, 6.45) is -0.0606. The summed E-state index contributed by atoms with van der Waals surface area (Å²) >= 11 is 0. The Morgan fingerprint density at radius 3 is 2.94 bits per heavy atom. The van der Waals surface area contributed by atoms with Gasteiger partial charge >= 0.3 is 0 Å². The van der Waals surface area contributed by atoms with Crippen molar-refractivity contribution < 1.29 is 13.6 Å². The number of amides is 1. The molecule has 1 amide bonds. The molecular formula is C12H14F2N2O. The maximum atomic E-state index is 13.8. The largest absolute Gasteiger partial charge is 0.326 e. The van der Waals surface area contributed by atoms with Crippen LogP contribution in [0, 0.1) is 0 Å². The molecule has 1 aliphatic rings. The van der Waals surface area contributed by atoms with Crippen LogP contribution >= 0.6 is 0 Å². The zero-order valence-electron chi connectivity index (χ0n) is 9.52. The van der Waals surface area contributed by atoms with Gasteiger partial charge in [-0.3, -0.25) is 4.79 Å². The number of benzene rings is 1. The van der Waals surface area contributed by atoms with Crippen LogP contribution in [0.1, 0.15) is 17.5 Å². The summed E-state index contributed by atoms with van der Waals surface area (Å²) in [5.41, 5.74) is 1.27. The molecule has 2 N–H and O–H groups in total. The van der Waals surface area contributed by atoms with Gasteiger partial charge in [-0.2, -0.15) is 0 Å². The fourth-order valence-corrected chi connectivity index (χ4v) is 1.88. The molecule has 1 aromatic rings. The molecule has 0 atom stereocenters. The first-order valence-corrected chi connectivity index (χ1v) is 5.48. The molecule has 0 bridgehead atoms. The second-order valence-electron chi connectivity index (χ2n) is 4.15. The van der Waals surface area contributed by atoms with E-state index in [2.05, 4.69) is 10.6 Å². The molecule has 1 aliphatic heterocycles. The molecular weight excluding hydrogens is 226 g/mol. The van der Waals surface area contributed by atoms with Gasteiger partial charge in [-0.25, -0.2) is 8.78 Å². The predicted octanol–water partition coefficient (Wildman–Crippen LogP) is 1.88. The zero-order chi connectivity index (χ0) is 12.5. The van der Waals surface area contributed by atoms with Gasteiger partial charge < -0.3 is 10.6 Å². The Labute approximate surface area is 98.2 Å². The molecule has 5 heteroatoms. The maximum absolute atomic E-state index is 13.8. The lowest BCUT2D eigenvalue weighted by Gasteiger charge is -2.17. The van der Waals surface area contributed by atoms with E-state index in [4.69, 9.17) is 0 Å². The summed E-state index contributed by atoms with van der Waals surface area (Å²) in [6.45, 7) is 0.251. The molecule has 2 rings (SSSR count). The highest BCUT2D eigenvalue weighted by Gasteiger charge is 2.32. The molecule has 0 aliphatic carbocycles. The van der Waals surface area contributed by atoms with Gasteiger partial charge in [0, 0.05) is 24.2 Å². The Kier molecular flexibility index (Phi) is 3.11. The summed E-state index contributed by atoms with van der Waals surface area (Å²) in [5.74, 6) is -3.00. The minimum atomic E-state index is -2.86. The Morgan fingerprint density at radius 2 is 2.24 bits per heavy atom. The summed E-state index contributed by atoms with van der Waals surface area (Å²) in [7, 11) is 1.64. The Morgan fingerprint density at radius 1 is 1.47 bits per heavy atom. The van der Waals surface area contributed by atoms with Crippen LogP contribution in [0.3, 0.4) is 0 Å². The smallest absolute Gasteiger partial charge is 0.274 e. The molecule has 1 heterocycles. The van der Waals surface area contributed by atoms with Crippen molar-refractivity contribution in [2.45, 2.75) is 18.8 Å². The number of rotatable bonds is 4. The SMILES string of the molecule is CNCCC(F)(F)c1ccc2c(c1)CC(=O)N2. The van der Waals surface area contributed by atoms with Crippen LogP contribution in [0.15, 0.2) is 18.2 Å². The van der Waals surface area contributed by atoms with Gasteiger partial charge in [-0.05, 0) is 24.7 Å². The van der Waals surface area contributed by atoms with Gasteiger partial charge in [0.15, 0.2) is 0 Å². The van der Waals surface area contributed by atoms with Crippen molar-refractivity contribution in [3.63, 3.8) is 0 Å². The average molecular weight is 240 g/mol. The third kappa shape index (κ3) is 2.44. The summed E-state index contributed by atoms with van der Waals surface area (Å²) in [6, 6.07) is 4.34. The van der Waals surface area contributed by atoms with Crippen molar-refractivity contribution in [1.82, 2.24) is 5.32 Å². The van der Waals surface area contributed by atoms with Crippen molar-refractivity contribution >= 4 is 11.6 Å². The van der Waals surface area contributed by atoms with Gasteiger partial charge in [0.1, 0.15) is 0 Å². The van der Waals surface area contributed by atoms with E-state index < -0.39 is 5.92 Å². The van der Waals surface area contributed by atoms with E-state index in [9.17, 15) is 13.6 Å². The number of halogens is 2. The van der Waals surface area contributed by atoms with Crippen LogP contribution in [0.4, 0.5) is 14.5 Å². The molecule has 0 radical (unpaired) electrons. The highest BCUT2D eigenvalue weighted by Crippen LogP contribution is 2.34. The lowest BCUT2D eigenvalue weighted by molar-refractivity contribution is -0.115. The molecule has 17 heavy (non-hydrogen) atoms. The minimum Gasteiger partial charge on any atom is -0.326 e. The summed E-state index contributed by atoms with van der Waals surface area (Å²) in [4.78, 5) is 11.1. The van der Waals surface area contributed by atoms with Crippen LogP contribution in [0.25, 0.3) is 0 Å². The van der Waals surface area contributed by atoms with Crippen LogP contribution in [-0.4, -0.2) is 19.5 Å². The first-order chi connectivity index (χ1) is 8.03. The number of carbonyl (C=O) groups is 1. The van der Waals surface area contributed by atoms with Crippen molar-refractivity contribution in [2.24, 2.45) is 0 Å². The van der Waals surface area contributed by atoms with E-state index in [0.29, 0.717) is 11.3 Å². The Hall–Kier alpha value is -1.49. The summed E-state index contributed by atoms with van der Waals surface area (Å²) < 4.78 is 27.5. The minimum absolute atomic E-state index is 0.0250. The average Bonchev–Trinajstić information content (AvgIpc) is 2.65. The topological polar surface area (TPSA) is 41.1 Å². The van der Waals surface area contributed by atoms with Gasteiger partial charge in [-0.15, -0.1) is 0 Å². The molecule has 0 aromatic heterocycles. The third-order valence-electron chi connectivity index (χ3n) is 2.84. The highest BCUT2D eigenvalue weighted by atomic mass is 19.3. The number of alkyl halides is 2. The number of hydrogen-bond acceptors (Lipinski definition) is 2. The second kappa shape index (κ2) is 4.41. The van der Waals surface area contributed by atoms with Gasteiger partial charge in [0.2, 0.25) is 5.91 Å². The van der Waals surface area contributed by atoms with Crippen molar-refractivity contribution in [3.05, 3.63) is 29.3 Å². The lowest BCUT2D eigenvalue weighted by Crippen LogP contribution is -2.21. The lowest BCUT2D eigenvalue weighted by atomic mass is 10.0. The van der Waals surface area contributed by atoms with Crippen molar-refractivity contribution in [3.8, 4) is 0 Å². The zero-order valence-corrected chi connectivity index (χ0v) is 9.52. The Bertz CT molecular complexity index is 446. The first kappa shape index (κ1) is 12.0. The van der Waals surface area contributed by atoms with Gasteiger partial charge in [0.25, 0.3) is 5.92 Å². The fraction of sp³-hybridized carbons (Fsp3) is 0.417. The van der Waals surface area contributed by atoms with Crippen LogP contribution in [0.5, 0.6) is 0 Å². The second-order valence-corrected chi connectivity index (χ2v) is 4.15. The highest BCUT2D eigenvalue weighted by molar-refractivity contribution is 5.99. The quantitative estimate of drug-likeness (QED) is 0.843. The normalized spacial score (nSPS) is 14.6. The van der Waals surface area contributed by atoms with E-state index in [-0.39, 0.29) is 30.9 Å². The standard InChI is InChI=1S/C12H14F2N2O/c1-15-5-4-12(13,14)9-2-3-10-8(6-9)7-11(17)16-10/h2-3,6,15H,4-5,7H2,1H3,(H,16,17). The molecule has 0 fully saturated rings. The van der Waals surface area contributed by atoms with E-state index in [1.807, 2.05) is 0 Å². The number of hydrogen-bond donors (Lipinski definition) is 2. The van der Waals surface area contributed by atoms with E-state index in [1.54, 1.807) is 13.1 Å².